The van der Waals surface area contributed by atoms with Gasteiger partial charge >= 0.3 is 5.97 Å². The Bertz CT molecular complexity index is 406. The molecule has 1 aliphatic heterocycles. The smallest absolute Gasteiger partial charge is 0.376 e. The monoisotopic (exact) mass is 209 g/mol. The van der Waals surface area contributed by atoms with Crippen molar-refractivity contribution in [1.29, 1.82) is 0 Å². The lowest BCUT2D eigenvalue weighted by molar-refractivity contribution is 0.0584. The van der Waals surface area contributed by atoms with E-state index in [-0.39, 0.29) is 5.82 Å². The third-order valence-electron chi connectivity index (χ3n) is 2.22. The molecule has 0 saturated heterocycles. The number of hydrogen-bond donors (Lipinski definition) is 1. The Morgan fingerprint density at radius 2 is 2.33 bits per heavy atom. The van der Waals surface area contributed by atoms with E-state index in [2.05, 4.69) is 14.7 Å². The van der Waals surface area contributed by atoms with Crippen molar-refractivity contribution in [2.75, 3.05) is 19.5 Å². The second kappa shape index (κ2) is 3.82. The number of nitrogens with two attached hydrogens (primary N) is 1. The number of carbonyl (C=O) groups is 1. The van der Waals surface area contributed by atoms with Crippen LogP contribution in [0.5, 0.6) is 0 Å². The summed E-state index contributed by atoms with van der Waals surface area (Å²) < 4.78 is 9.76. The Morgan fingerprint density at radius 1 is 1.53 bits per heavy atom. The van der Waals surface area contributed by atoms with Crippen molar-refractivity contribution in [2.45, 2.75) is 13.0 Å². The van der Waals surface area contributed by atoms with Gasteiger partial charge in [-0.05, 0) is 0 Å². The number of fused-ring (bicyclic) bond motifs is 1. The second-order valence-electron chi connectivity index (χ2n) is 3.15. The first-order chi connectivity index (χ1) is 7.22. The summed E-state index contributed by atoms with van der Waals surface area (Å²) in [5.74, 6) is -0.272. The number of aromatic nitrogens is 2. The fourth-order valence-electron chi connectivity index (χ4n) is 1.44. The second-order valence-corrected chi connectivity index (χ2v) is 3.15. The number of anilines is 1. The fraction of sp³-hybridized carbons (Fsp3) is 0.444. The summed E-state index contributed by atoms with van der Waals surface area (Å²) in [5, 5.41) is 0. The number of ether oxygens (including phenoxy) is 2. The van der Waals surface area contributed by atoms with Gasteiger partial charge in [-0.25, -0.2) is 14.8 Å². The maximum absolute atomic E-state index is 11.2. The fourth-order valence-corrected chi connectivity index (χ4v) is 1.44. The summed E-state index contributed by atoms with van der Waals surface area (Å²) in [5.41, 5.74) is 7.24. The molecule has 0 saturated carbocycles. The molecule has 0 aliphatic carbocycles. The summed E-state index contributed by atoms with van der Waals surface area (Å²) >= 11 is 0. The van der Waals surface area contributed by atoms with Crippen LogP contribution < -0.4 is 5.73 Å². The van der Waals surface area contributed by atoms with Crippen LogP contribution in [0, 0.1) is 0 Å². The number of methoxy groups -OCH3 is 1. The topological polar surface area (TPSA) is 87.3 Å². The molecule has 2 rings (SSSR count). The number of esters is 1. The van der Waals surface area contributed by atoms with Gasteiger partial charge in [0.15, 0.2) is 0 Å². The molecule has 0 unspecified atom stereocenters. The highest BCUT2D eigenvalue weighted by Crippen LogP contribution is 2.19. The Kier molecular flexibility index (Phi) is 2.51. The number of rotatable bonds is 1. The van der Waals surface area contributed by atoms with E-state index in [4.69, 9.17) is 10.5 Å². The van der Waals surface area contributed by atoms with Crippen molar-refractivity contribution in [3.63, 3.8) is 0 Å². The predicted octanol–water partition coefficient (Wildman–Crippen LogP) is -0.0819. The molecule has 2 N–H and O–H groups in total. The van der Waals surface area contributed by atoms with Crippen molar-refractivity contribution < 1.29 is 14.3 Å². The summed E-state index contributed by atoms with van der Waals surface area (Å²) in [4.78, 5) is 19.2. The zero-order chi connectivity index (χ0) is 10.8. The summed E-state index contributed by atoms with van der Waals surface area (Å²) in [6.45, 7) is 0.993. The zero-order valence-electron chi connectivity index (χ0n) is 8.32. The lowest BCUT2D eigenvalue weighted by atomic mass is 10.1. The van der Waals surface area contributed by atoms with Crippen LogP contribution in [0.2, 0.25) is 0 Å². The van der Waals surface area contributed by atoms with Gasteiger partial charge in [0.2, 0.25) is 5.82 Å². The quantitative estimate of drug-likeness (QED) is 0.651. The summed E-state index contributed by atoms with van der Waals surface area (Å²) in [6, 6.07) is 0. The highest BCUT2D eigenvalue weighted by atomic mass is 16.5. The van der Waals surface area contributed by atoms with Crippen LogP contribution in [-0.2, 0) is 22.5 Å². The minimum Gasteiger partial charge on any atom is -0.463 e. The largest absolute Gasteiger partial charge is 0.463 e. The molecule has 0 amide bonds. The van der Waals surface area contributed by atoms with Gasteiger partial charge in [-0.1, -0.05) is 0 Å². The highest BCUT2D eigenvalue weighted by molar-refractivity contribution is 5.85. The molecule has 0 bridgehead atoms. The maximum Gasteiger partial charge on any atom is 0.376 e. The van der Waals surface area contributed by atoms with Gasteiger partial charge in [0.25, 0.3) is 0 Å². The van der Waals surface area contributed by atoms with E-state index in [1.807, 2.05) is 0 Å². The average molecular weight is 209 g/mol. The minimum absolute atomic E-state index is 0.00986. The van der Waals surface area contributed by atoms with Crippen LogP contribution in [-0.4, -0.2) is 29.7 Å². The molecule has 0 atom stereocenters. The van der Waals surface area contributed by atoms with Crippen molar-refractivity contribution >= 4 is 11.8 Å². The standard InChI is InChI=1S/C9H11N3O3/c1-14-9(13)8-11-6-2-3-15-4-5(6)7(10)12-8/h2-4H2,1H3,(H2,10,11,12). The summed E-state index contributed by atoms with van der Waals surface area (Å²) in [6.07, 6.45) is 0.645. The van der Waals surface area contributed by atoms with Gasteiger partial charge in [0.1, 0.15) is 5.82 Å². The molecule has 6 heteroatoms. The Labute approximate surface area is 86.4 Å². The molecular formula is C9H11N3O3. The lowest BCUT2D eigenvalue weighted by Crippen LogP contribution is -2.19. The normalized spacial score (nSPS) is 14.5. The average Bonchev–Trinajstić information content (AvgIpc) is 2.28. The van der Waals surface area contributed by atoms with E-state index in [1.54, 1.807) is 0 Å². The van der Waals surface area contributed by atoms with E-state index in [0.29, 0.717) is 25.5 Å². The van der Waals surface area contributed by atoms with Gasteiger partial charge < -0.3 is 15.2 Å². The van der Waals surface area contributed by atoms with Gasteiger partial charge in [-0.2, -0.15) is 0 Å². The molecule has 1 aromatic rings. The van der Waals surface area contributed by atoms with Crippen LogP contribution in [0.3, 0.4) is 0 Å². The molecule has 0 fully saturated rings. The number of hydrogen-bond acceptors (Lipinski definition) is 6. The third kappa shape index (κ3) is 1.75. The van der Waals surface area contributed by atoms with E-state index >= 15 is 0 Å². The Balaban J connectivity index is 2.45. The highest BCUT2D eigenvalue weighted by Gasteiger charge is 2.19. The molecule has 80 valence electrons. The van der Waals surface area contributed by atoms with E-state index in [9.17, 15) is 4.79 Å². The number of nitrogen functional groups attached to an aromatic ring is 1. The van der Waals surface area contributed by atoms with E-state index < -0.39 is 5.97 Å². The van der Waals surface area contributed by atoms with Crippen LogP contribution >= 0.6 is 0 Å². The van der Waals surface area contributed by atoms with Crippen LogP contribution in [0.15, 0.2) is 0 Å². The van der Waals surface area contributed by atoms with Gasteiger partial charge in [-0.3, -0.25) is 0 Å². The minimum atomic E-state index is -0.573. The number of nitrogens with zero attached hydrogens (tertiary/aromatic N) is 2. The van der Waals surface area contributed by atoms with Gasteiger partial charge in [-0.15, -0.1) is 0 Å². The Morgan fingerprint density at radius 3 is 3.07 bits per heavy atom. The molecule has 1 aliphatic rings. The third-order valence-corrected chi connectivity index (χ3v) is 2.22. The van der Waals surface area contributed by atoms with Crippen molar-refractivity contribution in [2.24, 2.45) is 0 Å². The first-order valence-electron chi connectivity index (χ1n) is 4.53. The van der Waals surface area contributed by atoms with Crippen LogP contribution in [0.1, 0.15) is 21.9 Å². The predicted molar refractivity (Wildman–Crippen MR) is 51.1 cm³/mol. The van der Waals surface area contributed by atoms with Crippen LogP contribution in [0.25, 0.3) is 0 Å². The summed E-state index contributed by atoms with van der Waals surface area (Å²) in [7, 11) is 1.28. The molecule has 0 aromatic carbocycles. The van der Waals surface area contributed by atoms with Crippen molar-refractivity contribution in [3.05, 3.63) is 17.1 Å². The van der Waals surface area contributed by atoms with Crippen LogP contribution in [0.4, 0.5) is 5.82 Å². The van der Waals surface area contributed by atoms with Crippen molar-refractivity contribution in [1.82, 2.24) is 9.97 Å². The first kappa shape index (κ1) is 9.85. The van der Waals surface area contributed by atoms with Gasteiger partial charge in [0, 0.05) is 12.0 Å². The molecule has 15 heavy (non-hydrogen) atoms. The van der Waals surface area contributed by atoms with E-state index in [0.717, 1.165) is 11.3 Å². The SMILES string of the molecule is COC(=O)c1nc(N)c2c(n1)CCOC2. The molecular weight excluding hydrogens is 198 g/mol. The molecule has 0 spiro atoms. The molecule has 1 aromatic heterocycles. The Hall–Kier alpha value is -1.69. The van der Waals surface area contributed by atoms with Gasteiger partial charge in [0.05, 0.1) is 26.0 Å². The van der Waals surface area contributed by atoms with Crippen molar-refractivity contribution in [3.8, 4) is 0 Å². The zero-order valence-corrected chi connectivity index (χ0v) is 8.32. The molecule has 0 radical (unpaired) electrons. The molecule has 6 nitrogen and oxygen atoms in total. The lowest BCUT2D eigenvalue weighted by Gasteiger charge is -2.16. The molecule has 2 heterocycles. The number of carbonyl (C=O) groups excluding carboxylic acids is 1. The maximum atomic E-state index is 11.2. The van der Waals surface area contributed by atoms with E-state index in [1.165, 1.54) is 7.11 Å². The first-order valence-corrected chi connectivity index (χ1v) is 4.53.